The summed E-state index contributed by atoms with van der Waals surface area (Å²) >= 11 is 0. The summed E-state index contributed by atoms with van der Waals surface area (Å²) in [5.41, 5.74) is 1.87. The van der Waals surface area contributed by atoms with Crippen molar-refractivity contribution in [3.8, 4) is 0 Å². The van der Waals surface area contributed by atoms with Crippen molar-refractivity contribution >= 4 is 6.03 Å². The molecule has 0 aromatic heterocycles. The second-order valence-electron chi connectivity index (χ2n) is 17.4. The zero-order valence-electron chi connectivity index (χ0n) is 28.7. The molecule has 7 fully saturated rings. The van der Waals surface area contributed by atoms with E-state index in [9.17, 15) is 20.1 Å². The Balaban J connectivity index is 0.958. The van der Waals surface area contributed by atoms with Gasteiger partial charge < -0.3 is 44.9 Å². The van der Waals surface area contributed by atoms with E-state index in [2.05, 4.69) is 44.4 Å². The van der Waals surface area contributed by atoms with Crippen molar-refractivity contribution in [1.29, 1.82) is 0 Å². The van der Waals surface area contributed by atoms with Crippen molar-refractivity contribution in [2.45, 2.75) is 153 Å². The standard InChI is InChI=1S/C37H58N2O8/c1-19-9-14-37(44-18-19)20(2)29-27(47-37)16-26-24-8-5-21-15-23(10-12-35(21,3)25(24)11-13-36(26,29)4)45-33-30(39-34(43)38-22-6-7-22)32(42)31(41)28(17-40)46-33/h5,19-20,22-33,40-42H,6-18H2,1-4H3,(H2,38,39,43)/t19-,20+,23+,24-,25+,26+,27+,28-,29+,30-,31-,32-,33-,35+,36+,37-/m1/s1. The maximum Gasteiger partial charge on any atom is 0.315 e. The Labute approximate surface area is 279 Å². The number of hydrogen-bond acceptors (Lipinski definition) is 8. The molecule has 8 rings (SSSR count). The van der Waals surface area contributed by atoms with Gasteiger partial charge in [0.15, 0.2) is 12.1 Å². The monoisotopic (exact) mass is 658 g/mol. The molecule has 5 N–H and O–H groups in total. The van der Waals surface area contributed by atoms with E-state index in [0.717, 1.165) is 58.0 Å². The van der Waals surface area contributed by atoms with Crippen molar-refractivity contribution in [2.75, 3.05) is 13.2 Å². The molecule has 3 aliphatic heterocycles. The fraction of sp³-hybridized carbons (Fsp3) is 0.919. The van der Waals surface area contributed by atoms with E-state index in [1.807, 2.05) is 0 Å². The van der Waals surface area contributed by atoms with Crippen LogP contribution in [-0.4, -0.2) is 89.2 Å². The average Bonchev–Trinajstić information content (AvgIpc) is 3.75. The number of allylic oxidation sites excluding steroid dienone is 1. The molecule has 0 aromatic carbocycles. The van der Waals surface area contributed by atoms with Gasteiger partial charge in [0.25, 0.3) is 0 Å². The summed E-state index contributed by atoms with van der Waals surface area (Å²) in [4.78, 5) is 12.6. The van der Waals surface area contributed by atoms with Gasteiger partial charge in [-0.3, -0.25) is 0 Å². The van der Waals surface area contributed by atoms with E-state index < -0.39 is 43.3 Å². The van der Waals surface area contributed by atoms with E-state index in [1.165, 1.54) is 24.8 Å². The van der Waals surface area contributed by atoms with E-state index in [1.54, 1.807) is 0 Å². The highest BCUT2D eigenvalue weighted by Crippen LogP contribution is 2.70. The molecule has 4 saturated carbocycles. The molecule has 0 radical (unpaired) electrons. The quantitative estimate of drug-likeness (QED) is 0.280. The molecular formula is C37H58N2O8. The maximum absolute atomic E-state index is 12.6. The summed E-state index contributed by atoms with van der Waals surface area (Å²) in [5.74, 6) is 3.18. The Morgan fingerprint density at radius 1 is 1.02 bits per heavy atom. The van der Waals surface area contributed by atoms with Gasteiger partial charge in [-0.15, -0.1) is 0 Å². The molecule has 0 aromatic rings. The predicted octanol–water partition coefficient (Wildman–Crippen LogP) is 4.01. The van der Waals surface area contributed by atoms with Crippen LogP contribution in [0.25, 0.3) is 0 Å². The summed E-state index contributed by atoms with van der Waals surface area (Å²) in [7, 11) is 0. The van der Waals surface area contributed by atoms with E-state index in [-0.39, 0.29) is 28.8 Å². The first-order valence-corrected chi connectivity index (χ1v) is 18.8. The third-order valence-corrected chi connectivity index (χ3v) is 14.7. The average molecular weight is 659 g/mol. The Kier molecular flexibility index (Phi) is 8.34. The van der Waals surface area contributed by atoms with Crippen molar-refractivity contribution in [3.63, 3.8) is 0 Å². The molecule has 8 aliphatic rings. The number of hydrogen-bond donors (Lipinski definition) is 5. The fourth-order valence-electron chi connectivity index (χ4n) is 11.9. The van der Waals surface area contributed by atoms with Gasteiger partial charge in [-0.25, -0.2) is 4.79 Å². The third kappa shape index (κ3) is 5.33. The van der Waals surface area contributed by atoms with Gasteiger partial charge in [-0.05, 0) is 105 Å². The van der Waals surface area contributed by atoms with Crippen molar-refractivity contribution in [2.24, 2.45) is 46.3 Å². The van der Waals surface area contributed by atoms with Crippen molar-refractivity contribution < 1.29 is 39.1 Å². The second-order valence-corrected chi connectivity index (χ2v) is 17.4. The van der Waals surface area contributed by atoms with Crippen LogP contribution in [0.2, 0.25) is 0 Å². The van der Waals surface area contributed by atoms with Crippen LogP contribution in [0, 0.1) is 46.3 Å². The number of aliphatic hydroxyl groups is 3. The number of rotatable bonds is 5. The van der Waals surface area contributed by atoms with Crippen LogP contribution >= 0.6 is 0 Å². The van der Waals surface area contributed by atoms with E-state index in [4.69, 9.17) is 18.9 Å². The number of aliphatic hydroxyl groups excluding tert-OH is 3. The van der Waals surface area contributed by atoms with Gasteiger partial charge in [0.05, 0.1) is 25.4 Å². The summed E-state index contributed by atoms with van der Waals surface area (Å²) in [6.07, 6.45) is 9.55. The minimum atomic E-state index is -1.33. The summed E-state index contributed by atoms with van der Waals surface area (Å²) in [5, 5.41) is 37.1. The van der Waals surface area contributed by atoms with Crippen molar-refractivity contribution in [3.05, 3.63) is 11.6 Å². The smallest absolute Gasteiger partial charge is 0.315 e. The highest BCUT2D eigenvalue weighted by atomic mass is 16.7. The minimum Gasteiger partial charge on any atom is -0.394 e. The number of carbonyl (C=O) groups excluding carboxylic acids is 1. The molecule has 0 unspecified atom stereocenters. The largest absolute Gasteiger partial charge is 0.394 e. The van der Waals surface area contributed by atoms with Crippen LogP contribution in [0.4, 0.5) is 4.79 Å². The first kappa shape index (κ1) is 32.9. The Bertz CT molecular complexity index is 1230. The number of ether oxygens (including phenoxy) is 4. The lowest BCUT2D eigenvalue weighted by atomic mass is 9.47. The first-order chi connectivity index (χ1) is 22.5. The highest BCUT2D eigenvalue weighted by Gasteiger charge is 2.68. The molecule has 3 heterocycles. The van der Waals surface area contributed by atoms with Gasteiger partial charge in [0.1, 0.15) is 24.4 Å². The molecule has 10 heteroatoms. The molecule has 264 valence electrons. The number of carbonyl (C=O) groups is 1. The van der Waals surface area contributed by atoms with E-state index >= 15 is 0 Å². The lowest BCUT2D eigenvalue weighted by Gasteiger charge is -2.58. The predicted molar refractivity (Wildman–Crippen MR) is 173 cm³/mol. The normalized spacial score (nSPS) is 53.8. The Morgan fingerprint density at radius 2 is 1.83 bits per heavy atom. The van der Waals surface area contributed by atoms with Gasteiger partial charge in [0, 0.05) is 18.4 Å². The molecule has 10 nitrogen and oxygen atoms in total. The minimum absolute atomic E-state index is 0.122. The van der Waals surface area contributed by atoms with Crippen LogP contribution in [-0.2, 0) is 18.9 Å². The molecule has 2 amide bonds. The molecule has 5 aliphatic carbocycles. The van der Waals surface area contributed by atoms with E-state index in [0.29, 0.717) is 41.6 Å². The zero-order chi connectivity index (χ0) is 32.9. The molecule has 47 heavy (non-hydrogen) atoms. The summed E-state index contributed by atoms with van der Waals surface area (Å²) < 4.78 is 26.0. The number of nitrogens with one attached hydrogen (secondary N) is 2. The topological polar surface area (TPSA) is 139 Å². The van der Waals surface area contributed by atoms with Gasteiger partial charge in [-0.1, -0.05) is 39.3 Å². The third-order valence-electron chi connectivity index (χ3n) is 14.7. The Hall–Kier alpha value is -1.27. The molecule has 1 spiro atoms. The van der Waals surface area contributed by atoms with Crippen LogP contribution in [0.3, 0.4) is 0 Å². The molecular weight excluding hydrogens is 600 g/mol. The van der Waals surface area contributed by atoms with Crippen LogP contribution in [0.15, 0.2) is 11.6 Å². The van der Waals surface area contributed by atoms with Crippen LogP contribution in [0.1, 0.15) is 98.3 Å². The SMILES string of the molecule is C[C@@H]1CC[C@@]2(OC1)O[C@H]1C[C@H]3[C@@H]4CC=C5C[C@@H](O[C@@H]6O[C@H](CO)[C@@H](O)[C@H](O)[C@H]6NC(=O)NC6CC6)CC[C@]5(C)[C@H]4CC[C@]3(C)[C@H]1[C@@H]2C. The molecule has 0 bridgehead atoms. The molecule has 16 atom stereocenters. The van der Waals surface area contributed by atoms with Crippen molar-refractivity contribution in [1.82, 2.24) is 10.6 Å². The van der Waals surface area contributed by atoms with Gasteiger partial charge in [0.2, 0.25) is 0 Å². The lowest BCUT2D eigenvalue weighted by molar-refractivity contribution is -0.283. The second kappa shape index (κ2) is 11.9. The number of fused-ring (bicyclic) bond motifs is 7. The summed E-state index contributed by atoms with van der Waals surface area (Å²) in [6, 6.07) is -1.21. The van der Waals surface area contributed by atoms with Crippen LogP contribution in [0.5, 0.6) is 0 Å². The molecule has 3 saturated heterocycles. The number of urea groups is 1. The first-order valence-electron chi connectivity index (χ1n) is 18.8. The van der Waals surface area contributed by atoms with Gasteiger partial charge >= 0.3 is 6.03 Å². The maximum atomic E-state index is 12.6. The van der Waals surface area contributed by atoms with Gasteiger partial charge in [-0.2, -0.15) is 0 Å². The highest BCUT2D eigenvalue weighted by molar-refractivity contribution is 5.75. The lowest BCUT2D eigenvalue weighted by Crippen LogP contribution is -2.66. The fourth-order valence-corrected chi connectivity index (χ4v) is 11.9. The summed E-state index contributed by atoms with van der Waals surface area (Å²) in [6.45, 7) is 10.1. The van der Waals surface area contributed by atoms with Crippen LogP contribution < -0.4 is 10.6 Å². The Morgan fingerprint density at radius 3 is 2.55 bits per heavy atom. The number of amides is 2. The zero-order valence-corrected chi connectivity index (χ0v) is 28.7.